The molecule has 0 aromatic carbocycles. The van der Waals surface area contributed by atoms with Crippen LogP contribution in [-0.2, 0) is 5.41 Å². The number of aromatic nitrogens is 1. The topological polar surface area (TPSA) is 42.4 Å². The molecule has 1 aliphatic rings. The number of pyridine rings is 1. The third-order valence-electron chi connectivity index (χ3n) is 2.77. The molecule has 2 rings (SSSR count). The van der Waals surface area contributed by atoms with Crippen molar-refractivity contribution in [1.82, 2.24) is 4.98 Å². The number of hydrogen-bond donors (Lipinski definition) is 1. The van der Waals surface area contributed by atoms with Crippen LogP contribution < -0.4 is 4.74 Å². The van der Waals surface area contributed by atoms with Gasteiger partial charge in [-0.05, 0) is 28.8 Å². The predicted molar refractivity (Wildman–Crippen MR) is 56.5 cm³/mol. The zero-order valence-electron chi connectivity index (χ0n) is 7.96. The first kappa shape index (κ1) is 9.93. The summed E-state index contributed by atoms with van der Waals surface area (Å²) in [5, 5.41) is 9.36. The second-order valence-electron chi connectivity index (χ2n) is 3.64. The molecule has 1 saturated carbocycles. The van der Waals surface area contributed by atoms with Gasteiger partial charge in [0.2, 0.25) is 0 Å². The van der Waals surface area contributed by atoms with Gasteiger partial charge in [-0.1, -0.05) is 0 Å². The van der Waals surface area contributed by atoms with Gasteiger partial charge in [-0.25, -0.2) is 0 Å². The van der Waals surface area contributed by atoms with Crippen LogP contribution >= 0.6 is 15.9 Å². The van der Waals surface area contributed by atoms with Gasteiger partial charge in [0.25, 0.3) is 0 Å². The second kappa shape index (κ2) is 3.51. The fourth-order valence-corrected chi connectivity index (χ4v) is 2.46. The van der Waals surface area contributed by atoms with Gasteiger partial charge in [0.1, 0.15) is 5.75 Å². The fraction of sp³-hybridized carbons (Fsp3) is 0.500. The summed E-state index contributed by atoms with van der Waals surface area (Å²) in [5.41, 5.74) is 0.963. The minimum atomic E-state index is -0.0902. The number of methoxy groups -OCH3 is 1. The van der Waals surface area contributed by atoms with Crippen molar-refractivity contribution in [2.75, 3.05) is 13.7 Å². The van der Waals surface area contributed by atoms with Crippen molar-refractivity contribution in [1.29, 1.82) is 0 Å². The lowest BCUT2D eigenvalue weighted by atomic mass is 9.97. The van der Waals surface area contributed by atoms with Crippen molar-refractivity contribution in [2.24, 2.45) is 0 Å². The SMILES string of the molecule is COc1cncc(Br)c1C1(CO)CC1. The Morgan fingerprint density at radius 2 is 2.29 bits per heavy atom. The molecule has 14 heavy (non-hydrogen) atoms. The van der Waals surface area contributed by atoms with E-state index >= 15 is 0 Å². The minimum Gasteiger partial charge on any atom is -0.495 e. The Hall–Kier alpha value is -0.610. The molecule has 0 atom stereocenters. The van der Waals surface area contributed by atoms with Crippen LogP contribution in [0.1, 0.15) is 18.4 Å². The van der Waals surface area contributed by atoms with Crippen molar-refractivity contribution < 1.29 is 9.84 Å². The Morgan fingerprint density at radius 3 is 2.79 bits per heavy atom. The highest BCUT2D eigenvalue weighted by molar-refractivity contribution is 9.10. The third-order valence-corrected chi connectivity index (χ3v) is 3.37. The first-order valence-electron chi connectivity index (χ1n) is 4.52. The van der Waals surface area contributed by atoms with Gasteiger partial charge in [0.05, 0.1) is 19.9 Å². The molecular weight excluding hydrogens is 246 g/mol. The Labute approximate surface area is 91.2 Å². The van der Waals surface area contributed by atoms with E-state index in [9.17, 15) is 5.11 Å². The number of hydrogen-bond acceptors (Lipinski definition) is 3. The molecule has 0 saturated heterocycles. The van der Waals surface area contributed by atoms with Crippen LogP contribution in [-0.4, -0.2) is 23.8 Å². The number of aliphatic hydroxyl groups is 1. The molecule has 4 heteroatoms. The van der Waals surface area contributed by atoms with E-state index in [1.54, 1.807) is 19.5 Å². The van der Waals surface area contributed by atoms with E-state index in [0.29, 0.717) is 0 Å². The lowest BCUT2D eigenvalue weighted by Gasteiger charge is -2.17. The molecule has 1 fully saturated rings. The van der Waals surface area contributed by atoms with E-state index in [2.05, 4.69) is 20.9 Å². The average molecular weight is 258 g/mol. The quantitative estimate of drug-likeness (QED) is 0.900. The molecule has 1 aromatic rings. The Kier molecular flexibility index (Phi) is 2.49. The summed E-state index contributed by atoms with van der Waals surface area (Å²) in [6.45, 7) is 0.173. The highest BCUT2D eigenvalue weighted by atomic mass is 79.9. The molecule has 0 aliphatic heterocycles. The van der Waals surface area contributed by atoms with E-state index in [4.69, 9.17) is 4.74 Å². The van der Waals surface area contributed by atoms with Crippen LogP contribution in [0.3, 0.4) is 0 Å². The minimum absolute atomic E-state index is 0.0902. The number of aliphatic hydroxyl groups excluding tert-OH is 1. The molecule has 3 nitrogen and oxygen atoms in total. The average Bonchev–Trinajstić information content (AvgIpc) is 2.98. The zero-order valence-corrected chi connectivity index (χ0v) is 9.54. The second-order valence-corrected chi connectivity index (χ2v) is 4.49. The summed E-state index contributed by atoms with van der Waals surface area (Å²) < 4.78 is 6.17. The van der Waals surface area contributed by atoms with Gasteiger partial charge in [0.15, 0.2) is 0 Å². The lowest BCUT2D eigenvalue weighted by Crippen LogP contribution is -2.14. The Balaban J connectivity index is 2.50. The normalized spacial score (nSPS) is 17.9. The molecule has 0 spiro atoms. The molecule has 0 unspecified atom stereocenters. The summed E-state index contributed by atoms with van der Waals surface area (Å²) >= 11 is 3.45. The first-order valence-corrected chi connectivity index (χ1v) is 5.31. The molecule has 76 valence electrons. The number of nitrogens with zero attached hydrogens (tertiary/aromatic N) is 1. The van der Waals surface area contributed by atoms with Crippen molar-refractivity contribution in [3.8, 4) is 5.75 Å². The summed E-state index contributed by atoms with van der Waals surface area (Å²) in [6.07, 6.45) is 5.47. The molecular formula is C10H12BrNO2. The van der Waals surface area contributed by atoms with Gasteiger partial charge < -0.3 is 9.84 Å². The van der Waals surface area contributed by atoms with Gasteiger partial charge in [-0.15, -0.1) is 0 Å². The molecule has 0 amide bonds. The lowest BCUT2D eigenvalue weighted by molar-refractivity contribution is 0.251. The van der Waals surface area contributed by atoms with Crippen molar-refractivity contribution in [3.05, 3.63) is 22.4 Å². The summed E-state index contributed by atoms with van der Waals surface area (Å²) in [7, 11) is 1.63. The Morgan fingerprint density at radius 1 is 1.57 bits per heavy atom. The van der Waals surface area contributed by atoms with E-state index in [-0.39, 0.29) is 12.0 Å². The monoisotopic (exact) mass is 257 g/mol. The zero-order chi connectivity index (χ0) is 10.2. The third kappa shape index (κ3) is 1.42. The van der Waals surface area contributed by atoms with E-state index in [0.717, 1.165) is 28.6 Å². The number of rotatable bonds is 3. The van der Waals surface area contributed by atoms with E-state index < -0.39 is 0 Å². The van der Waals surface area contributed by atoms with Crippen LogP contribution in [0.25, 0.3) is 0 Å². The smallest absolute Gasteiger partial charge is 0.142 e. The van der Waals surface area contributed by atoms with Crippen LogP contribution in [0.2, 0.25) is 0 Å². The first-order chi connectivity index (χ1) is 6.73. The van der Waals surface area contributed by atoms with Crippen LogP contribution in [0.5, 0.6) is 5.75 Å². The van der Waals surface area contributed by atoms with E-state index in [1.165, 1.54) is 0 Å². The Bertz CT molecular complexity index is 350. The van der Waals surface area contributed by atoms with Gasteiger partial charge >= 0.3 is 0 Å². The maximum Gasteiger partial charge on any atom is 0.142 e. The standard InChI is InChI=1S/C10H12BrNO2/c1-14-8-5-12-4-7(11)9(8)10(6-13)2-3-10/h4-5,13H,2-3,6H2,1H3. The number of ether oxygens (including phenoxy) is 1. The highest BCUT2D eigenvalue weighted by Gasteiger charge is 2.47. The molecule has 0 radical (unpaired) electrons. The fourth-order valence-electron chi connectivity index (χ4n) is 1.72. The summed E-state index contributed by atoms with van der Waals surface area (Å²) in [5.74, 6) is 0.755. The molecule has 1 aliphatic carbocycles. The number of halogens is 1. The van der Waals surface area contributed by atoms with Crippen LogP contribution in [0.15, 0.2) is 16.9 Å². The summed E-state index contributed by atoms with van der Waals surface area (Å²) in [4.78, 5) is 4.04. The molecule has 1 aromatic heterocycles. The molecule has 1 N–H and O–H groups in total. The van der Waals surface area contributed by atoms with Crippen molar-refractivity contribution in [2.45, 2.75) is 18.3 Å². The van der Waals surface area contributed by atoms with Gasteiger partial charge in [-0.3, -0.25) is 4.98 Å². The molecule has 0 bridgehead atoms. The van der Waals surface area contributed by atoms with Crippen molar-refractivity contribution in [3.63, 3.8) is 0 Å². The van der Waals surface area contributed by atoms with Crippen LogP contribution in [0.4, 0.5) is 0 Å². The van der Waals surface area contributed by atoms with Gasteiger partial charge in [-0.2, -0.15) is 0 Å². The molecule has 1 heterocycles. The maximum absolute atomic E-state index is 9.36. The maximum atomic E-state index is 9.36. The predicted octanol–water partition coefficient (Wildman–Crippen LogP) is 1.88. The largest absolute Gasteiger partial charge is 0.495 e. The van der Waals surface area contributed by atoms with Crippen molar-refractivity contribution >= 4 is 15.9 Å². The van der Waals surface area contributed by atoms with E-state index in [1.807, 2.05) is 0 Å². The highest BCUT2D eigenvalue weighted by Crippen LogP contribution is 2.52. The van der Waals surface area contributed by atoms with Crippen LogP contribution in [0, 0.1) is 0 Å². The summed E-state index contributed by atoms with van der Waals surface area (Å²) in [6, 6.07) is 0. The van der Waals surface area contributed by atoms with Gasteiger partial charge in [0, 0.05) is 21.6 Å².